The molecule has 2 aliphatic heterocycles. The molecule has 0 radical (unpaired) electrons. The van der Waals surface area contributed by atoms with E-state index < -0.39 is 17.5 Å². The number of piperidine rings is 1. The van der Waals surface area contributed by atoms with Crippen LogP contribution in [0.3, 0.4) is 0 Å². The molecule has 1 atom stereocenters. The van der Waals surface area contributed by atoms with E-state index in [0.717, 1.165) is 36.0 Å². The number of aromatic nitrogens is 3. The minimum absolute atomic E-state index is 0.0461. The summed E-state index contributed by atoms with van der Waals surface area (Å²) in [5.74, 6) is 6.01. The molecule has 1 unspecified atom stereocenters. The van der Waals surface area contributed by atoms with Gasteiger partial charge in [-0.15, -0.1) is 0 Å². The molecule has 2 fully saturated rings. The monoisotopic (exact) mass is 562 g/mol. The molecule has 0 spiro atoms. The van der Waals surface area contributed by atoms with Gasteiger partial charge >= 0.3 is 5.82 Å². The predicted molar refractivity (Wildman–Crippen MR) is 154 cm³/mol. The molecule has 3 aromatic rings. The normalized spacial score (nSPS) is 19.9. The maximum absolute atomic E-state index is 11.7. The molecule has 5 rings (SSSR count). The minimum atomic E-state index is -2.09. The number of likely N-dealkylation sites (tertiary alicyclic amines) is 1. The molecule has 4 heterocycles. The van der Waals surface area contributed by atoms with Gasteiger partial charge in [-0.3, -0.25) is 4.68 Å². The molecule has 10 heteroatoms. The fraction of sp³-hybridized carbons (Fsp3) is 0.484. The zero-order valence-corrected chi connectivity index (χ0v) is 23.4. The van der Waals surface area contributed by atoms with Crippen molar-refractivity contribution >= 4 is 5.82 Å². The van der Waals surface area contributed by atoms with Crippen molar-refractivity contribution in [1.82, 2.24) is 19.7 Å². The van der Waals surface area contributed by atoms with E-state index in [1.807, 2.05) is 49.0 Å². The molecule has 10 nitrogen and oxygen atoms in total. The van der Waals surface area contributed by atoms with Crippen molar-refractivity contribution in [2.24, 2.45) is 0 Å². The van der Waals surface area contributed by atoms with Crippen molar-refractivity contribution in [1.29, 1.82) is 0 Å². The van der Waals surface area contributed by atoms with Crippen molar-refractivity contribution in [3.8, 4) is 28.7 Å². The van der Waals surface area contributed by atoms with E-state index in [1.54, 1.807) is 12.3 Å². The molecule has 2 aromatic heterocycles. The highest BCUT2D eigenvalue weighted by atomic mass is 16.7. The molecule has 0 bridgehead atoms. The smallest absolute Gasteiger partial charge is 0.406 e. The molecule has 0 N–H and O–H groups in total. The summed E-state index contributed by atoms with van der Waals surface area (Å²) in [6.07, 6.45) is 9.02. The summed E-state index contributed by atoms with van der Waals surface area (Å²) in [4.78, 5) is 16.7. The molecular weight excluding hydrogens is 522 g/mol. The lowest BCUT2D eigenvalue weighted by Crippen LogP contribution is -2.33. The number of rotatable bonds is 8. The van der Waals surface area contributed by atoms with E-state index in [0.29, 0.717) is 38.1 Å². The summed E-state index contributed by atoms with van der Waals surface area (Å²) < 4.78 is 42.3. The van der Waals surface area contributed by atoms with Gasteiger partial charge in [-0.25, -0.2) is 0 Å². The third-order valence-electron chi connectivity index (χ3n) is 7.17. The minimum Gasteiger partial charge on any atom is -0.481 e. The Morgan fingerprint density at radius 3 is 2.80 bits per heavy atom. The first-order valence-electron chi connectivity index (χ1n) is 15.5. The zero-order valence-electron chi connectivity index (χ0n) is 26.4. The highest BCUT2D eigenvalue weighted by Gasteiger charge is 2.24. The second kappa shape index (κ2) is 12.8. The van der Waals surface area contributed by atoms with Crippen molar-refractivity contribution in [3.63, 3.8) is 0 Å². The third kappa shape index (κ3) is 7.70. The average molecular weight is 563 g/mol. The van der Waals surface area contributed by atoms with Gasteiger partial charge in [0.15, 0.2) is 6.29 Å². The Kier molecular flexibility index (Phi) is 7.80. The quantitative estimate of drug-likeness (QED) is 0.205. The van der Waals surface area contributed by atoms with Gasteiger partial charge < -0.3 is 29.2 Å². The van der Waals surface area contributed by atoms with Gasteiger partial charge in [0.2, 0.25) is 5.75 Å². The maximum atomic E-state index is 11.7. The zero-order chi connectivity index (χ0) is 31.3. The van der Waals surface area contributed by atoms with Crippen LogP contribution in [0, 0.1) is 22.0 Å². The summed E-state index contributed by atoms with van der Waals surface area (Å²) >= 11 is 0. The van der Waals surface area contributed by atoms with Crippen LogP contribution in [-0.2, 0) is 16.1 Å². The standard InChI is InChI=1S/C31H37N5O5/c1-31(2,41-29-9-4-5-16-39-29)13-10-23-7-6-8-24(17-23)22-40-28-18-25(19-32-30(28)36(37)38)26-20-33-35(21-26)27-11-14-34(3)15-12-27/h6-8,17-21,27,29H,4-5,9,11-12,14-16,22H2,1-3H3/i3D3. The number of ether oxygens (including phenoxy) is 3. The molecule has 0 amide bonds. The van der Waals surface area contributed by atoms with Crippen LogP contribution in [0.1, 0.15) is 67.2 Å². The summed E-state index contributed by atoms with van der Waals surface area (Å²) in [6, 6.07) is 9.16. The first-order valence-corrected chi connectivity index (χ1v) is 14.0. The van der Waals surface area contributed by atoms with E-state index >= 15 is 0 Å². The Hall–Kier alpha value is -3.78. The van der Waals surface area contributed by atoms with Crippen LogP contribution in [0.2, 0.25) is 0 Å². The highest BCUT2D eigenvalue weighted by molar-refractivity contribution is 5.64. The number of benzene rings is 1. The average Bonchev–Trinajstić information content (AvgIpc) is 3.50. The second-order valence-electron chi connectivity index (χ2n) is 10.9. The summed E-state index contributed by atoms with van der Waals surface area (Å²) in [5.41, 5.74) is 2.23. The molecule has 41 heavy (non-hydrogen) atoms. The molecule has 2 aliphatic rings. The summed E-state index contributed by atoms with van der Waals surface area (Å²) in [5, 5.41) is 16.2. The van der Waals surface area contributed by atoms with Crippen molar-refractivity contribution in [2.75, 3.05) is 26.7 Å². The lowest BCUT2D eigenvalue weighted by Gasteiger charge is -2.29. The van der Waals surface area contributed by atoms with Crippen LogP contribution >= 0.6 is 0 Å². The first kappa shape index (κ1) is 25.0. The molecule has 0 saturated carbocycles. The Labute approximate surface area is 245 Å². The van der Waals surface area contributed by atoms with Gasteiger partial charge in [0, 0.05) is 39.7 Å². The van der Waals surface area contributed by atoms with Gasteiger partial charge in [-0.1, -0.05) is 24.0 Å². The van der Waals surface area contributed by atoms with Gasteiger partial charge in [-0.05, 0) is 93.6 Å². The number of nitrogens with zero attached hydrogens (tertiary/aromatic N) is 5. The Bertz CT molecular complexity index is 1520. The van der Waals surface area contributed by atoms with Crippen molar-refractivity contribution < 1.29 is 23.2 Å². The first-order chi connectivity index (χ1) is 21.0. The topological polar surface area (TPSA) is 105 Å². The molecule has 216 valence electrons. The van der Waals surface area contributed by atoms with E-state index in [9.17, 15) is 10.1 Å². The van der Waals surface area contributed by atoms with Crippen molar-refractivity contribution in [3.05, 3.63) is 70.2 Å². The van der Waals surface area contributed by atoms with E-state index in [-0.39, 0.29) is 30.5 Å². The summed E-state index contributed by atoms with van der Waals surface area (Å²) in [6.45, 7) is 3.44. The van der Waals surface area contributed by atoms with Gasteiger partial charge in [-0.2, -0.15) is 5.10 Å². The molecular formula is C31H37N5O5. The van der Waals surface area contributed by atoms with Crippen LogP contribution in [0.25, 0.3) is 11.1 Å². The Morgan fingerprint density at radius 2 is 2.05 bits per heavy atom. The van der Waals surface area contributed by atoms with Crippen LogP contribution < -0.4 is 4.74 Å². The van der Waals surface area contributed by atoms with Crippen LogP contribution in [0.15, 0.2) is 48.9 Å². The number of pyridine rings is 1. The number of nitro groups is 1. The van der Waals surface area contributed by atoms with Gasteiger partial charge in [0.05, 0.1) is 12.2 Å². The Morgan fingerprint density at radius 1 is 1.20 bits per heavy atom. The number of hydrogen-bond donors (Lipinski definition) is 0. The lowest BCUT2D eigenvalue weighted by molar-refractivity contribution is -0.390. The predicted octanol–water partition coefficient (Wildman–Crippen LogP) is 5.37. The fourth-order valence-electron chi connectivity index (χ4n) is 4.94. The number of hydrogen-bond acceptors (Lipinski definition) is 8. The Balaban J connectivity index is 1.25. The van der Waals surface area contributed by atoms with Gasteiger partial charge in [0.25, 0.3) is 0 Å². The second-order valence-corrected chi connectivity index (χ2v) is 10.9. The van der Waals surface area contributed by atoms with Crippen molar-refractivity contribution in [2.45, 2.75) is 70.5 Å². The summed E-state index contributed by atoms with van der Waals surface area (Å²) in [7, 11) is 0. The van der Waals surface area contributed by atoms with Crippen LogP contribution in [-0.4, -0.2) is 63.2 Å². The SMILES string of the molecule is [2H]C([2H])([2H])N1CCC(n2cc(-c3cnc([N+](=O)[O-])c(OCc4cccc(C#CC(C)(C)OC5CCCCO5)c4)c3)cn2)CC1. The molecule has 0 aliphatic carbocycles. The largest absolute Gasteiger partial charge is 0.481 e. The van der Waals surface area contributed by atoms with E-state index in [1.165, 1.54) is 11.1 Å². The van der Waals surface area contributed by atoms with Gasteiger partial charge in [0.1, 0.15) is 18.4 Å². The molecule has 1 aromatic carbocycles. The lowest BCUT2D eigenvalue weighted by atomic mass is 10.1. The van der Waals surface area contributed by atoms with E-state index in [2.05, 4.69) is 21.9 Å². The third-order valence-corrected chi connectivity index (χ3v) is 7.17. The molecule has 2 saturated heterocycles. The highest BCUT2D eigenvalue weighted by Crippen LogP contribution is 2.32. The fourth-order valence-corrected chi connectivity index (χ4v) is 4.94. The van der Waals surface area contributed by atoms with E-state index in [4.69, 9.17) is 18.3 Å². The van der Waals surface area contributed by atoms with Crippen LogP contribution in [0.5, 0.6) is 5.75 Å². The maximum Gasteiger partial charge on any atom is 0.406 e. The van der Waals surface area contributed by atoms with Crippen LogP contribution in [0.4, 0.5) is 5.82 Å².